The van der Waals surface area contributed by atoms with E-state index >= 15 is 0 Å². The molecule has 0 radical (unpaired) electrons. The van der Waals surface area contributed by atoms with Crippen LogP contribution >= 0.6 is 23.1 Å². The first-order chi connectivity index (χ1) is 17.1. The lowest BCUT2D eigenvalue weighted by Gasteiger charge is -2.30. The smallest absolute Gasteiger partial charge is 0.418 e. The number of carbonyl (C=O) groups excluding carboxylic acids is 2. The Labute approximate surface area is 209 Å². The molecule has 2 amide bonds. The Morgan fingerprint density at radius 2 is 1.67 bits per heavy atom. The van der Waals surface area contributed by atoms with Crippen molar-refractivity contribution in [2.24, 2.45) is 5.92 Å². The molecular weight excluding hydrogens is 521 g/mol. The Kier molecular flexibility index (Phi) is 5.79. The zero-order chi connectivity index (χ0) is 25.9. The predicted molar refractivity (Wildman–Crippen MR) is 125 cm³/mol. The summed E-state index contributed by atoms with van der Waals surface area (Å²) in [5.41, 5.74) is -1.27. The molecule has 1 fully saturated rings. The third kappa shape index (κ3) is 3.64. The lowest BCUT2D eigenvalue weighted by atomic mass is 9.83. The molecule has 36 heavy (non-hydrogen) atoms. The molecule has 8 nitrogen and oxygen atoms in total. The van der Waals surface area contributed by atoms with Gasteiger partial charge < -0.3 is 19.6 Å². The Hall–Kier alpha value is -3.45. The van der Waals surface area contributed by atoms with Crippen LogP contribution in [0.5, 0.6) is 17.2 Å². The van der Waals surface area contributed by atoms with Crippen LogP contribution in [0.1, 0.15) is 21.9 Å². The first kappa shape index (κ1) is 24.3. The van der Waals surface area contributed by atoms with Crippen LogP contribution in [-0.4, -0.2) is 41.4 Å². The van der Waals surface area contributed by atoms with E-state index in [0.717, 1.165) is 35.2 Å². The molecule has 2 aliphatic heterocycles. The van der Waals surface area contributed by atoms with Crippen molar-refractivity contribution in [3.05, 3.63) is 62.1 Å². The lowest BCUT2D eigenvalue weighted by molar-refractivity contribution is -0.137. The number of para-hydroxylation sites is 1. The Morgan fingerprint density at radius 1 is 1.03 bits per heavy atom. The number of ether oxygens (including phenoxy) is 2. The highest BCUT2D eigenvalue weighted by molar-refractivity contribution is 8.00. The minimum Gasteiger partial charge on any atom is -0.502 e. The summed E-state index contributed by atoms with van der Waals surface area (Å²) < 4.78 is 51.7. The second-order valence-corrected chi connectivity index (χ2v) is 10.2. The first-order valence-corrected chi connectivity index (χ1v) is 12.1. The molecule has 0 saturated carbocycles. The minimum absolute atomic E-state index is 0.0274. The van der Waals surface area contributed by atoms with Crippen molar-refractivity contribution in [2.45, 2.75) is 22.4 Å². The van der Waals surface area contributed by atoms with E-state index in [-0.39, 0.29) is 17.2 Å². The Balaban J connectivity index is 1.70. The number of H-pyrrole nitrogens is 1. The molecule has 1 aromatic heterocycles. The van der Waals surface area contributed by atoms with Crippen molar-refractivity contribution in [1.29, 1.82) is 0 Å². The van der Waals surface area contributed by atoms with Crippen LogP contribution in [0, 0.1) is 5.92 Å². The molecule has 0 bridgehead atoms. The number of hydrogen-bond acceptors (Lipinski definition) is 8. The summed E-state index contributed by atoms with van der Waals surface area (Å²) in [5, 5.41) is 9.61. The predicted octanol–water partition coefficient (Wildman–Crippen LogP) is 3.97. The number of anilines is 1. The topological polar surface area (TPSA) is 109 Å². The maximum atomic E-state index is 13.7. The van der Waals surface area contributed by atoms with Crippen LogP contribution in [0.3, 0.4) is 0 Å². The second kappa shape index (κ2) is 8.59. The molecule has 5 rings (SSSR count). The number of amides is 2. The van der Waals surface area contributed by atoms with Gasteiger partial charge in [-0.05, 0) is 29.8 Å². The molecule has 188 valence electrons. The van der Waals surface area contributed by atoms with Crippen LogP contribution in [0.15, 0.2) is 46.2 Å². The SMILES string of the molecule is COc1cc([C@@H]2c3sc(=O)[nH]c3S[C@H]3C(=O)N(c4ccccc4C(F)(F)F)C(=O)[C@@H]23)cc(OC)c1O. The largest absolute Gasteiger partial charge is 0.502 e. The van der Waals surface area contributed by atoms with E-state index in [9.17, 15) is 32.7 Å². The number of thiazole rings is 1. The number of rotatable bonds is 4. The van der Waals surface area contributed by atoms with Crippen molar-refractivity contribution >= 4 is 40.6 Å². The zero-order valence-corrected chi connectivity index (χ0v) is 20.2. The summed E-state index contributed by atoms with van der Waals surface area (Å²) in [5.74, 6) is -3.88. The van der Waals surface area contributed by atoms with Crippen molar-refractivity contribution in [3.8, 4) is 17.2 Å². The molecule has 2 N–H and O–H groups in total. The number of nitrogens with zero attached hydrogens (tertiary/aromatic N) is 1. The van der Waals surface area contributed by atoms with Gasteiger partial charge in [-0.25, -0.2) is 4.90 Å². The summed E-state index contributed by atoms with van der Waals surface area (Å²) >= 11 is 1.79. The van der Waals surface area contributed by atoms with Gasteiger partial charge in [0.15, 0.2) is 11.5 Å². The molecule has 3 aromatic rings. The number of aromatic amines is 1. The van der Waals surface area contributed by atoms with Gasteiger partial charge in [0.25, 0.3) is 0 Å². The van der Waals surface area contributed by atoms with E-state index in [2.05, 4.69) is 4.98 Å². The molecule has 2 aliphatic rings. The molecule has 3 heterocycles. The number of phenolic OH excluding ortho intramolecular Hbond substituents is 1. The van der Waals surface area contributed by atoms with Crippen LogP contribution in [-0.2, 0) is 15.8 Å². The Morgan fingerprint density at radius 3 is 2.28 bits per heavy atom. The number of aromatic nitrogens is 1. The van der Waals surface area contributed by atoms with Crippen LogP contribution in [0.2, 0.25) is 0 Å². The third-order valence-electron chi connectivity index (χ3n) is 6.14. The number of phenols is 1. The van der Waals surface area contributed by atoms with Gasteiger partial charge in [-0.15, -0.1) is 0 Å². The molecule has 13 heteroatoms. The molecule has 0 spiro atoms. The van der Waals surface area contributed by atoms with E-state index < -0.39 is 51.2 Å². The zero-order valence-electron chi connectivity index (χ0n) is 18.6. The van der Waals surface area contributed by atoms with E-state index in [1.807, 2.05) is 0 Å². The Bertz CT molecular complexity index is 1430. The fourth-order valence-electron chi connectivity index (χ4n) is 4.62. The second-order valence-electron chi connectivity index (χ2n) is 8.05. The summed E-state index contributed by atoms with van der Waals surface area (Å²) in [7, 11) is 2.63. The average Bonchev–Trinajstić information content (AvgIpc) is 3.33. The van der Waals surface area contributed by atoms with E-state index in [4.69, 9.17) is 9.47 Å². The number of thioether (sulfide) groups is 1. The number of alkyl halides is 3. The number of fused-ring (bicyclic) bond motifs is 2. The quantitative estimate of drug-likeness (QED) is 0.484. The number of aromatic hydroxyl groups is 1. The van der Waals surface area contributed by atoms with Gasteiger partial charge in [0.1, 0.15) is 5.25 Å². The number of nitrogens with one attached hydrogen (secondary N) is 1. The summed E-state index contributed by atoms with van der Waals surface area (Å²) in [6.45, 7) is 0. The molecule has 3 atom stereocenters. The van der Waals surface area contributed by atoms with Gasteiger partial charge in [-0.2, -0.15) is 13.2 Å². The molecular formula is C23H17F3N2O6S2. The molecule has 0 unspecified atom stereocenters. The summed E-state index contributed by atoms with van der Waals surface area (Å²) in [4.78, 5) is 42.7. The maximum absolute atomic E-state index is 13.7. The van der Waals surface area contributed by atoms with Crippen molar-refractivity contribution in [1.82, 2.24) is 4.98 Å². The molecule has 1 saturated heterocycles. The highest BCUT2D eigenvalue weighted by Gasteiger charge is 2.57. The van der Waals surface area contributed by atoms with Gasteiger partial charge >= 0.3 is 11.0 Å². The fraction of sp³-hybridized carbons (Fsp3) is 0.261. The van der Waals surface area contributed by atoms with Gasteiger partial charge in [0.05, 0.1) is 36.4 Å². The van der Waals surface area contributed by atoms with Crippen LogP contribution in [0.4, 0.5) is 18.9 Å². The lowest BCUT2D eigenvalue weighted by Crippen LogP contribution is -2.33. The van der Waals surface area contributed by atoms with Crippen molar-refractivity contribution in [3.63, 3.8) is 0 Å². The van der Waals surface area contributed by atoms with Gasteiger partial charge in [-0.1, -0.05) is 35.2 Å². The minimum atomic E-state index is -4.79. The van der Waals surface area contributed by atoms with Gasteiger partial charge in [0.2, 0.25) is 17.6 Å². The summed E-state index contributed by atoms with van der Waals surface area (Å²) in [6.07, 6.45) is -4.79. The monoisotopic (exact) mass is 538 g/mol. The van der Waals surface area contributed by atoms with Crippen molar-refractivity contribution < 1.29 is 37.3 Å². The standard InChI is InChI=1S/C23H17F3N2O6S2/c1-33-12-7-9(8-13(34-2)16(12)29)14-15-18(35-19-17(14)36-22(32)27-19)21(31)28(20(15)30)11-6-4-3-5-10(11)23(24,25)26/h3-8,14-15,18,29H,1-2H3,(H,27,32)/t14-,15-,18+/m0/s1. The third-order valence-corrected chi connectivity index (χ3v) is 8.54. The normalized spacial score (nSPS) is 21.4. The van der Waals surface area contributed by atoms with Crippen molar-refractivity contribution in [2.75, 3.05) is 19.1 Å². The number of imide groups is 1. The maximum Gasteiger partial charge on any atom is 0.418 e. The number of methoxy groups -OCH3 is 2. The molecule has 2 aromatic carbocycles. The van der Waals surface area contributed by atoms with Crippen LogP contribution < -0.4 is 19.2 Å². The fourth-order valence-corrected chi connectivity index (χ4v) is 7.13. The number of halogens is 3. The first-order valence-electron chi connectivity index (χ1n) is 10.4. The summed E-state index contributed by atoms with van der Waals surface area (Å²) in [6, 6.07) is 7.30. The van der Waals surface area contributed by atoms with Gasteiger partial charge in [0, 0.05) is 10.8 Å². The highest BCUT2D eigenvalue weighted by Crippen LogP contribution is 2.55. The number of carbonyl (C=O) groups is 2. The van der Waals surface area contributed by atoms with E-state index in [1.54, 1.807) is 0 Å². The number of hydrogen-bond donors (Lipinski definition) is 2. The van der Waals surface area contributed by atoms with Gasteiger partial charge in [-0.3, -0.25) is 14.4 Å². The van der Waals surface area contributed by atoms with E-state index in [1.165, 1.54) is 38.5 Å². The number of benzene rings is 2. The molecule has 0 aliphatic carbocycles. The highest BCUT2D eigenvalue weighted by atomic mass is 32.2. The average molecular weight is 539 g/mol. The van der Waals surface area contributed by atoms with E-state index in [0.29, 0.717) is 20.4 Å². The van der Waals surface area contributed by atoms with Crippen LogP contribution in [0.25, 0.3) is 0 Å².